The number of fused-ring (bicyclic) bond motifs is 1. The van der Waals surface area contributed by atoms with Crippen LogP contribution >= 0.6 is 27.5 Å². The first-order chi connectivity index (χ1) is 12.3. The van der Waals surface area contributed by atoms with Gasteiger partial charge in [-0.15, -0.1) is 0 Å². The minimum atomic E-state index is -0.747. The van der Waals surface area contributed by atoms with Crippen LogP contribution in [-0.4, -0.2) is 18.0 Å². The number of nitrogen functional groups attached to an aromatic ring is 1. The van der Waals surface area contributed by atoms with Crippen molar-refractivity contribution < 1.29 is 18.7 Å². The van der Waals surface area contributed by atoms with Gasteiger partial charge in [-0.05, 0) is 34.1 Å². The van der Waals surface area contributed by atoms with Crippen molar-refractivity contribution in [2.24, 2.45) is 5.73 Å². The number of hydrogen-bond donors (Lipinski definition) is 2. The van der Waals surface area contributed by atoms with Crippen LogP contribution in [0, 0.1) is 5.82 Å². The zero-order valence-corrected chi connectivity index (χ0v) is 15.7. The first-order valence-corrected chi connectivity index (χ1v) is 8.38. The van der Waals surface area contributed by atoms with Gasteiger partial charge in [-0.3, -0.25) is 9.78 Å². The van der Waals surface area contributed by atoms with Crippen LogP contribution in [0.15, 0.2) is 34.9 Å². The van der Waals surface area contributed by atoms with Crippen LogP contribution < -0.4 is 20.9 Å². The predicted octanol–water partition coefficient (Wildman–Crippen LogP) is 4.27. The summed E-state index contributed by atoms with van der Waals surface area (Å²) in [6.07, 6.45) is 1.47. The number of hydrogen-bond acceptors (Lipinski definition) is 5. The molecule has 0 aliphatic carbocycles. The quantitative estimate of drug-likeness (QED) is 0.466. The maximum atomic E-state index is 14.5. The lowest BCUT2D eigenvalue weighted by molar-refractivity contribution is 0.0997. The Balaban J connectivity index is 2.19. The van der Waals surface area contributed by atoms with Crippen LogP contribution in [0.25, 0.3) is 10.9 Å². The lowest BCUT2D eigenvalue weighted by atomic mass is 10.1. The predicted molar refractivity (Wildman–Crippen MR) is 100 cm³/mol. The molecule has 0 bridgehead atoms. The van der Waals surface area contributed by atoms with E-state index in [4.69, 9.17) is 32.5 Å². The monoisotopic (exact) mass is 439 g/mol. The van der Waals surface area contributed by atoms with Crippen molar-refractivity contribution >= 4 is 50.0 Å². The van der Waals surface area contributed by atoms with Crippen molar-refractivity contribution in [2.75, 3.05) is 12.8 Å². The lowest BCUT2D eigenvalue weighted by Gasteiger charge is -2.14. The lowest BCUT2D eigenvalue weighted by Crippen LogP contribution is -2.12. The third kappa shape index (κ3) is 3.13. The number of amides is 1. The Morgan fingerprint density at radius 2 is 2.04 bits per heavy atom. The van der Waals surface area contributed by atoms with Crippen LogP contribution in [-0.2, 0) is 0 Å². The summed E-state index contributed by atoms with van der Waals surface area (Å²) >= 11 is 9.11. The fourth-order valence-corrected chi connectivity index (χ4v) is 2.93. The van der Waals surface area contributed by atoms with Gasteiger partial charge in [-0.2, -0.15) is 0 Å². The molecule has 0 atom stereocenters. The van der Waals surface area contributed by atoms with Crippen LogP contribution in [0.5, 0.6) is 17.2 Å². The molecule has 0 unspecified atom stereocenters. The van der Waals surface area contributed by atoms with Gasteiger partial charge in [-0.1, -0.05) is 11.6 Å². The summed E-state index contributed by atoms with van der Waals surface area (Å²) < 4.78 is 25.4. The standard InChI is InChI=1S/C17H12BrClFN3O3/c1-25-13-6-11-7(4-8(13)17(22)24)12(2-3-23-11)26-16-9(19)5-10(21)14(18)15(16)20/h2-6H,21H2,1H3,(H2,22,24). The van der Waals surface area contributed by atoms with Crippen molar-refractivity contribution in [3.63, 3.8) is 0 Å². The molecule has 1 aromatic heterocycles. The van der Waals surface area contributed by atoms with E-state index in [1.54, 1.807) is 6.07 Å². The average Bonchev–Trinajstić information content (AvgIpc) is 2.62. The van der Waals surface area contributed by atoms with Crippen molar-refractivity contribution in [1.29, 1.82) is 0 Å². The Labute approximate surface area is 161 Å². The van der Waals surface area contributed by atoms with Crippen LogP contribution in [0.3, 0.4) is 0 Å². The zero-order valence-electron chi connectivity index (χ0n) is 13.3. The summed E-state index contributed by atoms with van der Waals surface area (Å²) in [6.45, 7) is 0. The highest BCUT2D eigenvalue weighted by Crippen LogP contribution is 2.41. The fourth-order valence-electron chi connectivity index (χ4n) is 2.40. The molecular weight excluding hydrogens is 429 g/mol. The highest BCUT2D eigenvalue weighted by molar-refractivity contribution is 9.10. The third-order valence-corrected chi connectivity index (χ3v) is 4.73. The Morgan fingerprint density at radius 1 is 1.31 bits per heavy atom. The summed E-state index contributed by atoms with van der Waals surface area (Å²) in [7, 11) is 1.41. The molecular formula is C17H12BrClFN3O3. The van der Waals surface area contributed by atoms with Crippen molar-refractivity contribution in [3.8, 4) is 17.2 Å². The molecule has 26 heavy (non-hydrogen) atoms. The minimum Gasteiger partial charge on any atom is -0.496 e. The molecule has 1 heterocycles. The van der Waals surface area contributed by atoms with E-state index >= 15 is 0 Å². The van der Waals surface area contributed by atoms with Gasteiger partial charge >= 0.3 is 0 Å². The molecule has 6 nitrogen and oxygen atoms in total. The SMILES string of the molecule is COc1cc2nccc(Oc3c(Cl)cc(N)c(Br)c3F)c2cc1C(N)=O. The number of rotatable bonds is 4. The van der Waals surface area contributed by atoms with E-state index in [1.807, 2.05) is 0 Å². The van der Waals surface area contributed by atoms with E-state index in [2.05, 4.69) is 20.9 Å². The third-order valence-electron chi connectivity index (χ3n) is 3.64. The molecule has 3 aromatic rings. The van der Waals surface area contributed by atoms with Gasteiger partial charge in [0, 0.05) is 17.6 Å². The first kappa shape index (κ1) is 18.2. The highest BCUT2D eigenvalue weighted by Gasteiger charge is 2.19. The molecule has 4 N–H and O–H groups in total. The van der Waals surface area contributed by atoms with E-state index in [9.17, 15) is 9.18 Å². The summed E-state index contributed by atoms with van der Waals surface area (Å²) in [5, 5.41) is 0.433. The number of pyridine rings is 1. The minimum absolute atomic E-state index is 0.00296. The largest absolute Gasteiger partial charge is 0.496 e. The van der Waals surface area contributed by atoms with Gasteiger partial charge in [0.05, 0.1) is 33.4 Å². The molecule has 0 fully saturated rings. The molecule has 2 aromatic carbocycles. The number of carbonyl (C=O) groups excluding carboxylic acids is 1. The number of anilines is 1. The second-order valence-corrected chi connectivity index (χ2v) is 6.45. The number of benzene rings is 2. The zero-order chi connectivity index (χ0) is 19.0. The summed E-state index contributed by atoms with van der Waals surface area (Å²) in [5.41, 5.74) is 11.8. The molecule has 0 radical (unpaired) electrons. The van der Waals surface area contributed by atoms with Gasteiger partial charge in [0.25, 0.3) is 5.91 Å². The number of methoxy groups -OCH3 is 1. The maximum Gasteiger partial charge on any atom is 0.252 e. The number of carbonyl (C=O) groups is 1. The topological polar surface area (TPSA) is 100 Å². The van der Waals surface area contributed by atoms with E-state index in [0.29, 0.717) is 10.9 Å². The summed E-state index contributed by atoms with van der Waals surface area (Å²) in [5.74, 6) is -1.13. The number of halogens is 3. The maximum absolute atomic E-state index is 14.5. The molecule has 9 heteroatoms. The van der Waals surface area contributed by atoms with E-state index < -0.39 is 11.7 Å². The number of primary amides is 1. The highest BCUT2D eigenvalue weighted by atomic mass is 79.9. The molecule has 0 saturated heterocycles. The van der Waals surface area contributed by atoms with E-state index in [-0.39, 0.29) is 38.0 Å². The molecule has 0 aliphatic heterocycles. The molecule has 0 saturated carbocycles. The van der Waals surface area contributed by atoms with Gasteiger partial charge in [-0.25, -0.2) is 4.39 Å². The van der Waals surface area contributed by atoms with Crippen molar-refractivity contribution in [1.82, 2.24) is 4.98 Å². The first-order valence-electron chi connectivity index (χ1n) is 7.20. The molecule has 1 amide bonds. The number of ether oxygens (including phenoxy) is 2. The molecule has 134 valence electrons. The molecule has 0 spiro atoms. The summed E-state index contributed by atoms with van der Waals surface area (Å²) in [6, 6.07) is 5.89. The van der Waals surface area contributed by atoms with Gasteiger partial charge in [0.1, 0.15) is 11.5 Å². The average molecular weight is 441 g/mol. The normalized spacial score (nSPS) is 10.8. The van der Waals surface area contributed by atoms with Crippen LogP contribution in [0.4, 0.5) is 10.1 Å². The Bertz CT molecular complexity index is 1050. The van der Waals surface area contributed by atoms with Crippen molar-refractivity contribution in [2.45, 2.75) is 0 Å². The van der Waals surface area contributed by atoms with Gasteiger partial charge in [0.2, 0.25) is 0 Å². The van der Waals surface area contributed by atoms with E-state index in [1.165, 1.54) is 31.5 Å². The Kier molecular flexibility index (Phi) is 4.88. The Hall–Kier alpha value is -2.58. The number of aromatic nitrogens is 1. The van der Waals surface area contributed by atoms with Crippen LogP contribution in [0.1, 0.15) is 10.4 Å². The molecule has 0 aliphatic rings. The van der Waals surface area contributed by atoms with Crippen molar-refractivity contribution in [3.05, 3.63) is 51.3 Å². The van der Waals surface area contributed by atoms with E-state index in [0.717, 1.165) is 0 Å². The molecule has 3 rings (SSSR count). The van der Waals surface area contributed by atoms with Gasteiger partial charge < -0.3 is 20.9 Å². The van der Waals surface area contributed by atoms with Crippen LogP contribution in [0.2, 0.25) is 5.02 Å². The summed E-state index contributed by atoms with van der Waals surface area (Å²) in [4.78, 5) is 15.9. The number of nitrogens with two attached hydrogens (primary N) is 2. The number of nitrogens with zero attached hydrogens (tertiary/aromatic N) is 1. The second kappa shape index (κ2) is 6.97. The second-order valence-electron chi connectivity index (χ2n) is 5.25. The Morgan fingerprint density at radius 3 is 2.69 bits per heavy atom. The van der Waals surface area contributed by atoms with Gasteiger partial charge in [0.15, 0.2) is 11.6 Å². The fraction of sp³-hybridized carbons (Fsp3) is 0.0588. The smallest absolute Gasteiger partial charge is 0.252 e.